The quantitative estimate of drug-likeness (QED) is 0.271. The molecule has 0 aliphatic rings. The third kappa shape index (κ3) is 6.07. The average molecular weight is 298 g/mol. The van der Waals surface area contributed by atoms with Crippen LogP contribution in [0.25, 0.3) is 0 Å². The summed E-state index contributed by atoms with van der Waals surface area (Å²) in [7, 11) is 0. The third-order valence-corrected chi connectivity index (χ3v) is 2.76. The molecule has 0 saturated heterocycles. The van der Waals surface area contributed by atoms with Gasteiger partial charge in [0.2, 0.25) is 5.91 Å². The summed E-state index contributed by atoms with van der Waals surface area (Å²) < 4.78 is 0. The molecule has 0 saturated carbocycles. The topological polar surface area (TPSA) is 105 Å². The fourth-order valence-electron chi connectivity index (χ4n) is 1.47. The Morgan fingerprint density at radius 3 is 2.55 bits per heavy atom. The molecule has 5 N–H and O–H groups in total. The Labute approximate surface area is 123 Å². The van der Waals surface area contributed by atoms with Crippen LogP contribution in [0.1, 0.15) is 27.2 Å². The van der Waals surface area contributed by atoms with Crippen LogP contribution in [0.4, 0.5) is 11.6 Å². The first-order valence-corrected chi connectivity index (χ1v) is 7.51. The van der Waals surface area contributed by atoms with Gasteiger partial charge in [-0.05, 0) is 27.0 Å². The van der Waals surface area contributed by atoms with Gasteiger partial charge in [-0.2, -0.15) is 0 Å². The second-order valence-electron chi connectivity index (χ2n) is 5.24. The fraction of sp³-hybridized carbons (Fsp3) is 0.583. The van der Waals surface area contributed by atoms with Crippen molar-refractivity contribution < 1.29 is 4.79 Å². The first kappa shape index (κ1) is 16.5. The molecule has 0 aliphatic carbocycles. The molecule has 7 nitrogen and oxygen atoms in total. The molecular formula is C12H22N6OS. The highest BCUT2D eigenvalue weighted by Gasteiger charge is 2.13. The van der Waals surface area contributed by atoms with Crippen molar-refractivity contribution >= 4 is 29.3 Å². The number of rotatable bonds is 6. The van der Waals surface area contributed by atoms with E-state index in [2.05, 4.69) is 26.0 Å². The fourth-order valence-corrected chi connectivity index (χ4v) is 1.85. The van der Waals surface area contributed by atoms with Crippen LogP contribution in [0, 0.1) is 0 Å². The lowest BCUT2D eigenvalue weighted by Gasteiger charge is -2.20. The Bertz CT molecular complexity index is 438. The molecule has 1 heterocycles. The molecule has 112 valence electrons. The third-order valence-electron chi connectivity index (χ3n) is 2.21. The number of amides is 1. The van der Waals surface area contributed by atoms with Gasteiger partial charge in [-0.15, -0.1) is 0 Å². The van der Waals surface area contributed by atoms with E-state index in [1.807, 2.05) is 27.0 Å². The molecule has 1 rings (SSSR count). The zero-order valence-corrected chi connectivity index (χ0v) is 13.1. The van der Waals surface area contributed by atoms with Gasteiger partial charge in [0.1, 0.15) is 11.6 Å². The van der Waals surface area contributed by atoms with Gasteiger partial charge in [-0.25, -0.2) is 15.8 Å². The summed E-state index contributed by atoms with van der Waals surface area (Å²) in [5, 5.41) is 6.61. The van der Waals surface area contributed by atoms with E-state index in [-0.39, 0.29) is 11.4 Å². The lowest BCUT2D eigenvalue weighted by Crippen LogP contribution is -2.41. The summed E-state index contributed by atoms with van der Waals surface area (Å²) in [4.78, 5) is 20.1. The smallest absolute Gasteiger partial charge is 0.222 e. The number of aromatic nitrogens is 2. The number of hydrogen-bond donors (Lipinski definition) is 4. The van der Waals surface area contributed by atoms with Crippen LogP contribution in [0.15, 0.2) is 11.2 Å². The molecule has 0 unspecified atom stereocenters. The van der Waals surface area contributed by atoms with Crippen LogP contribution >= 0.6 is 11.8 Å². The van der Waals surface area contributed by atoms with Crippen molar-refractivity contribution in [3.05, 3.63) is 6.07 Å². The summed E-state index contributed by atoms with van der Waals surface area (Å²) in [5.41, 5.74) is 2.27. The second kappa shape index (κ2) is 7.30. The van der Waals surface area contributed by atoms with E-state index in [0.717, 1.165) is 0 Å². The molecule has 0 aliphatic heterocycles. The molecule has 1 amide bonds. The highest BCUT2D eigenvalue weighted by molar-refractivity contribution is 7.98. The van der Waals surface area contributed by atoms with Gasteiger partial charge < -0.3 is 16.1 Å². The van der Waals surface area contributed by atoms with Crippen molar-refractivity contribution in [3.63, 3.8) is 0 Å². The summed E-state index contributed by atoms with van der Waals surface area (Å²) in [6.45, 7) is 6.35. The maximum atomic E-state index is 11.7. The van der Waals surface area contributed by atoms with Crippen LogP contribution in [-0.4, -0.2) is 34.2 Å². The van der Waals surface area contributed by atoms with Crippen LogP contribution in [0.2, 0.25) is 0 Å². The van der Waals surface area contributed by atoms with E-state index >= 15 is 0 Å². The van der Waals surface area contributed by atoms with Crippen molar-refractivity contribution in [3.8, 4) is 0 Å². The molecule has 1 aromatic heterocycles. The summed E-state index contributed by atoms with van der Waals surface area (Å²) in [6.07, 6.45) is 2.26. The van der Waals surface area contributed by atoms with Crippen molar-refractivity contribution in [2.75, 3.05) is 23.5 Å². The number of nitrogens with two attached hydrogens (primary N) is 1. The minimum atomic E-state index is -0.214. The van der Waals surface area contributed by atoms with Crippen LogP contribution in [0.5, 0.6) is 0 Å². The van der Waals surface area contributed by atoms with Gasteiger partial charge in [0.15, 0.2) is 5.16 Å². The predicted molar refractivity (Wildman–Crippen MR) is 82.6 cm³/mol. The number of carbonyl (C=O) groups excluding carboxylic acids is 1. The standard InChI is InChI=1S/C12H22N6OS/c1-12(2,3)17-10(19)5-6-14-8-7-9(18-13)16-11(15-8)20-4/h7H,5-6,13H2,1-4H3,(H,17,19)(H2,14,15,16,18). The normalized spacial score (nSPS) is 11.1. The number of thioether (sulfide) groups is 1. The van der Waals surface area contributed by atoms with E-state index in [4.69, 9.17) is 5.84 Å². The Balaban J connectivity index is 2.51. The molecule has 0 bridgehead atoms. The largest absolute Gasteiger partial charge is 0.369 e. The van der Waals surface area contributed by atoms with E-state index < -0.39 is 0 Å². The van der Waals surface area contributed by atoms with Crippen molar-refractivity contribution in [1.82, 2.24) is 15.3 Å². The number of nitrogens with zero attached hydrogens (tertiary/aromatic N) is 2. The summed E-state index contributed by atoms with van der Waals surface area (Å²) in [6, 6.07) is 1.70. The maximum Gasteiger partial charge on any atom is 0.222 e. The molecule has 0 spiro atoms. The molecular weight excluding hydrogens is 276 g/mol. The second-order valence-corrected chi connectivity index (χ2v) is 6.02. The Morgan fingerprint density at radius 1 is 1.35 bits per heavy atom. The molecule has 0 radical (unpaired) electrons. The van der Waals surface area contributed by atoms with Gasteiger partial charge in [-0.3, -0.25) is 4.79 Å². The van der Waals surface area contributed by atoms with E-state index in [1.54, 1.807) is 6.07 Å². The van der Waals surface area contributed by atoms with Crippen LogP contribution in [0.3, 0.4) is 0 Å². The minimum absolute atomic E-state index is 0.00122. The summed E-state index contributed by atoms with van der Waals surface area (Å²) >= 11 is 1.42. The number of nitrogens with one attached hydrogen (secondary N) is 3. The minimum Gasteiger partial charge on any atom is -0.369 e. The molecule has 0 atom stereocenters. The number of carbonyl (C=O) groups is 1. The molecule has 0 aromatic carbocycles. The first-order valence-electron chi connectivity index (χ1n) is 6.28. The summed E-state index contributed by atoms with van der Waals surface area (Å²) in [5.74, 6) is 6.52. The number of anilines is 2. The maximum absolute atomic E-state index is 11.7. The van der Waals surface area contributed by atoms with Crippen molar-refractivity contribution in [2.45, 2.75) is 37.9 Å². The predicted octanol–water partition coefficient (Wildman–Crippen LogP) is 1.20. The zero-order valence-electron chi connectivity index (χ0n) is 12.3. The van der Waals surface area contributed by atoms with Crippen LogP contribution < -0.4 is 21.9 Å². The highest BCUT2D eigenvalue weighted by Crippen LogP contribution is 2.16. The van der Waals surface area contributed by atoms with Crippen LogP contribution in [-0.2, 0) is 4.79 Å². The SMILES string of the molecule is CSc1nc(NN)cc(NCCC(=O)NC(C)(C)C)n1. The zero-order chi connectivity index (χ0) is 15.2. The number of hydrogen-bond acceptors (Lipinski definition) is 7. The van der Waals surface area contributed by atoms with E-state index in [9.17, 15) is 4.79 Å². The Kier molecular flexibility index (Phi) is 6.03. The first-order chi connectivity index (χ1) is 9.34. The van der Waals surface area contributed by atoms with Crippen molar-refractivity contribution in [1.29, 1.82) is 0 Å². The number of nitrogen functional groups attached to an aromatic ring is 1. The highest BCUT2D eigenvalue weighted by atomic mass is 32.2. The van der Waals surface area contributed by atoms with Gasteiger partial charge in [0, 0.05) is 24.6 Å². The van der Waals surface area contributed by atoms with Gasteiger partial charge in [-0.1, -0.05) is 11.8 Å². The molecule has 0 fully saturated rings. The van der Waals surface area contributed by atoms with Gasteiger partial charge in [0.25, 0.3) is 0 Å². The Hall–Kier alpha value is -1.54. The van der Waals surface area contributed by atoms with Crippen molar-refractivity contribution in [2.24, 2.45) is 5.84 Å². The van der Waals surface area contributed by atoms with Gasteiger partial charge >= 0.3 is 0 Å². The van der Waals surface area contributed by atoms with Gasteiger partial charge in [0.05, 0.1) is 0 Å². The van der Waals surface area contributed by atoms with E-state index in [0.29, 0.717) is 29.8 Å². The average Bonchev–Trinajstić information content (AvgIpc) is 2.36. The monoisotopic (exact) mass is 298 g/mol. The molecule has 1 aromatic rings. The number of hydrazine groups is 1. The lowest BCUT2D eigenvalue weighted by molar-refractivity contribution is -0.122. The lowest BCUT2D eigenvalue weighted by atomic mass is 10.1. The Morgan fingerprint density at radius 2 is 2.00 bits per heavy atom. The molecule has 20 heavy (non-hydrogen) atoms. The van der Waals surface area contributed by atoms with E-state index in [1.165, 1.54) is 11.8 Å². The molecule has 8 heteroatoms.